The molecule has 0 bridgehead atoms. The molecule has 5 nitrogen and oxygen atoms in total. The van der Waals surface area contributed by atoms with Crippen molar-refractivity contribution in [1.29, 1.82) is 0 Å². The van der Waals surface area contributed by atoms with Crippen LogP contribution in [-0.2, 0) is 4.74 Å². The number of pyridine rings is 1. The Morgan fingerprint density at radius 2 is 1.63 bits per heavy atom. The maximum absolute atomic E-state index is 13.0. The molecule has 30 heavy (non-hydrogen) atoms. The van der Waals surface area contributed by atoms with Gasteiger partial charge in [-0.2, -0.15) is 0 Å². The van der Waals surface area contributed by atoms with Gasteiger partial charge in [0.15, 0.2) is 0 Å². The summed E-state index contributed by atoms with van der Waals surface area (Å²) in [5, 5.41) is 3.16. The van der Waals surface area contributed by atoms with Crippen LogP contribution in [-0.4, -0.2) is 30.7 Å². The van der Waals surface area contributed by atoms with Crippen LogP contribution >= 0.6 is 0 Å². The molecule has 1 amide bonds. The molecule has 4 rings (SSSR count). The molecule has 0 saturated carbocycles. The molecule has 0 aliphatic carbocycles. The fraction of sp³-hybridized carbons (Fsp3) is 0.280. The second kappa shape index (κ2) is 10.0. The molecular formula is C25H26N2O3. The third-order valence-electron chi connectivity index (χ3n) is 5.35. The van der Waals surface area contributed by atoms with Gasteiger partial charge in [-0.25, -0.2) is 4.98 Å². The number of hydrogen-bond acceptors (Lipinski definition) is 4. The largest absolute Gasteiger partial charge is 0.477 e. The Bertz CT molecular complexity index is 901. The molecule has 0 spiro atoms. The van der Waals surface area contributed by atoms with Crippen LogP contribution in [0.1, 0.15) is 40.4 Å². The van der Waals surface area contributed by atoms with E-state index in [-0.39, 0.29) is 11.9 Å². The van der Waals surface area contributed by atoms with E-state index in [9.17, 15) is 4.79 Å². The summed E-state index contributed by atoms with van der Waals surface area (Å²) in [6, 6.07) is 23.1. The van der Waals surface area contributed by atoms with Crippen LogP contribution in [0.25, 0.3) is 0 Å². The number of ether oxygens (including phenoxy) is 2. The Morgan fingerprint density at radius 3 is 2.27 bits per heavy atom. The first-order valence-corrected chi connectivity index (χ1v) is 10.4. The summed E-state index contributed by atoms with van der Waals surface area (Å²) in [5.41, 5.74) is 2.59. The first-order chi connectivity index (χ1) is 14.8. The Kier molecular flexibility index (Phi) is 6.72. The number of amides is 1. The molecule has 1 aliphatic heterocycles. The minimum Gasteiger partial charge on any atom is -0.477 e. The first-order valence-electron chi connectivity index (χ1n) is 10.4. The number of nitrogens with one attached hydrogen (secondary N) is 1. The van der Waals surface area contributed by atoms with E-state index >= 15 is 0 Å². The van der Waals surface area contributed by atoms with Crippen LogP contribution in [0.5, 0.6) is 5.88 Å². The third kappa shape index (κ3) is 5.24. The van der Waals surface area contributed by atoms with E-state index in [4.69, 9.17) is 9.47 Å². The zero-order chi connectivity index (χ0) is 20.6. The molecule has 1 N–H and O–H groups in total. The Morgan fingerprint density at radius 1 is 1.00 bits per heavy atom. The van der Waals surface area contributed by atoms with Crippen LogP contribution in [0, 0.1) is 5.92 Å². The molecule has 2 aromatic carbocycles. The molecule has 0 radical (unpaired) electrons. The molecule has 1 fully saturated rings. The lowest BCUT2D eigenvalue weighted by Gasteiger charge is -2.22. The first kappa shape index (κ1) is 20.1. The number of rotatable bonds is 7. The average molecular weight is 402 g/mol. The van der Waals surface area contributed by atoms with E-state index in [0.717, 1.165) is 37.2 Å². The molecule has 1 saturated heterocycles. The molecule has 3 aromatic rings. The van der Waals surface area contributed by atoms with E-state index in [0.29, 0.717) is 24.0 Å². The number of benzene rings is 2. The topological polar surface area (TPSA) is 60.5 Å². The second-order valence-corrected chi connectivity index (χ2v) is 7.48. The maximum Gasteiger partial charge on any atom is 0.252 e. The van der Waals surface area contributed by atoms with Gasteiger partial charge in [0.25, 0.3) is 5.91 Å². The van der Waals surface area contributed by atoms with Crippen molar-refractivity contribution in [3.8, 4) is 5.88 Å². The fourth-order valence-corrected chi connectivity index (χ4v) is 3.61. The van der Waals surface area contributed by atoms with E-state index < -0.39 is 0 Å². The van der Waals surface area contributed by atoms with Crippen molar-refractivity contribution in [1.82, 2.24) is 10.3 Å². The monoisotopic (exact) mass is 402 g/mol. The van der Waals surface area contributed by atoms with Crippen LogP contribution in [0.15, 0.2) is 79.0 Å². The Balaban J connectivity index is 1.47. The summed E-state index contributed by atoms with van der Waals surface area (Å²) in [6.07, 6.45) is 3.61. The van der Waals surface area contributed by atoms with Gasteiger partial charge in [0, 0.05) is 31.0 Å². The number of carbonyl (C=O) groups is 1. The minimum absolute atomic E-state index is 0.161. The molecule has 154 valence electrons. The average Bonchev–Trinajstić information content (AvgIpc) is 2.83. The number of aromatic nitrogens is 1. The van der Waals surface area contributed by atoms with Gasteiger partial charge in [0.2, 0.25) is 5.88 Å². The molecule has 1 aliphatic rings. The van der Waals surface area contributed by atoms with Crippen molar-refractivity contribution >= 4 is 5.91 Å². The molecule has 2 heterocycles. The van der Waals surface area contributed by atoms with Crippen LogP contribution < -0.4 is 10.1 Å². The SMILES string of the molecule is O=C(NC(c1ccccc1)c1ccccc1)c1ccnc(OCC2CCOCC2)c1. The quantitative estimate of drug-likeness (QED) is 0.636. The van der Waals surface area contributed by atoms with Crippen LogP contribution in [0.4, 0.5) is 0 Å². The Hall–Kier alpha value is -3.18. The van der Waals surface area contributed by atoms with Gasteiger partial charge in [-0.05, 0) is 36.0 Å². The van der Waals surface area contributed by atoms with Crippen molar-refractivity contribution in [3.63, 3.8) is 0 Å². The van der Waals surface area contributed by atoms with Crippen molar-refractivity contribution in [2.75, 3.05) is 19.8 Å². The van der Waals surface area contributed by atoms with Crippen molar-refractivity contribution in [2.45, 2.75) is 18.9 Å². The Labute approximate surface area is 177 Å². The number of nitrogens with zero attached hydrogens (tertiary/aromatic N) is 1. The summed E-state index contributed by atoms with van der Waals surface area (Å²) in [6.45, 7) is 2.16. The van der Waals surface area contributed by atoms with Gasteiger partial charge >= 0.3 is 0 Å². The van der Waals surface area contributed by atoms with Crippen LogP contribution in [0.2, 0.25) is 0 Å². The standard InChI is InChI=1S/C25H26N2O3/c28-25(22-11-14-26-23(17-22)30-18-19-12-15-29-16-13-19)27-24(20-7-3-1-4-8-20)21-9-5-2-6-10-21/h1-11,14,17,19,24H,12-13,15-16,18H2,(H,27,28). The predicted octanol–water partition coefficient (Wildman–Crippen LogP) is 4.41. The summed E-state index contributed by atoms with van der Waals surface area (Å²) >= 11 is 0. The van der Waals surface area contributed by atoms with Gasteiger partial charge in [-0.1, -0.05) is 60.7 Å². The highest BCUT2D eigenvalue weighted by Crippen LogP contribution is 2.23. The smallest absolute Gasteiger partial charge is 0.252 e. The van der Waals surface area contributed by atoms with Gasteiger partial charge in [-0.15, -0.1) is 0 Å². The van der Waals surface area contributed by atoms with E-state index in [1.165, 1.54) is 0 Å². The van der Waals surface area contributed by atoms with E-state index in [1.54, 1.807) is 18.3 Å². The third-order valence-corrected chi connectivity index (χ3v) is 5.35. The van der Waals surface area contributed by atoms with Gasteiger partial charge in [0.05, 0.1) is 12.6 Å². The van der Waals surface area contributed by atoms with E-state index in [2.05, 4.69) is 10.3 Å². The van der Waals surface area contributed by atoms with Crippen LogP contribution in [0.3, 0.4) is 0 Å². The van der Waals surface area contributed by atoms with Gasteiger partial charge < -0.3 is 14.8 Å². The highest BCUT2D eigenvalue weighted by molar-refractivity contribution is 5.94. The summed E-state index contributed by atoms with van der Waals surface area (Å²) < 4.78 is 11.3. The molecule has 0 unspecified atom stereocenters. The van der Waals surface area contributed by atoms with Gasteiger partial charge in [-0.3, -0.25) is 4.79 Å². The van der Waals surface area contributed by atoms with Crippen molar-refractivity contribution in [3.05, 3.63) is 95.7 Å². The lowest BCUT2D eigenvalue weighted by atomic mass is 9.98. The maximum atomic E-state index is 13.0. The van der Waals surface area contributed by atoms with Crippen molar-refractivity contribution in [2.24, 2.45) is 5.92 Å². The fourth-order valence-electron chi connectivity index (χ4n) is 3.61. The summed E-state index contributed by atoms with van der Waals surface area (Å²) in [7, 11) is 0. The minimum atomic E-state index is -0.236. The van der Waals surface area contributed by atoms with Crippen molar-refractivity contribution < 1.29 is 14.3 Å². The molecular weight excluding hydrogens is 376 g/mol. The summed E-state index contributed by atoms with van der Waals surface area (Å²) in [5.74, 6) is 0.787. The lowest BCUT2D eigenvalue weighted by molar-refractivity contribution is 0.0490. The molecule has 5 heteroatoms. The summed E-state index contributed by atoms with van der Waals surface area (Å²) in [4.78, 5) is 17.3. The zero-order valence-electron chi connectivity index (χ0n) is 16.9. The normalized spacial score (nSPS) is 14.4. The molecule has 1 aromatic heterocycles. The number of carbonyl (C=O) groups excluding carboxylic acids is 1. The van der Waals surface area contributed by atoms with Gasteiger partial charge in [0.1, 0.15) is 0 Å². The predicted molar refractivity (Wildman–Crippen MR) is 115 cm³/mol. The zero-order valence-corrected chi connectivity index (χ0v) is 16.9. The highest BCUT2D eigenvalue weighted by Gasteiger charge is 2.19. The number of hydrogen-bond donors (Lipinski definition) is 1. The second-order valence-electron chi connectivity index (χ2n) is 7.48. The highest BCUT2D eigenvalue weighted by atomic mass is 16.5. The van der Waals surface area contributed by atoms with E-state index in [1.807, 2.05) is 60.7 Å². The molecule has 0 atom stereocenters. The lowest BCUT2D eigenvalue weighted by Crippen LogP contribution is -2.29.